The molecule has 0 aliphatic rings. The molecular weight excluding hydrogens is 234 g/mol. The minimum absolute atomic E-state index is 0.501. The van der Waals surface area contributed by atoms with Gasteiger partial charge in [-0.15, -0.1) is 0 Å². The zero-order valence-corrected chi connectivity index (χ0v) is 8.61. The van der Waals surface area contributed by atoms with Crippen LogP contribution in [0.15, 0.2) is 22.8 Å². The van der Waals surface area contributed by atoms with E-state index in [0.29, 0.717) is 12.2 Å². The van der Waals surface area contributed by atoms with Gasteiger partial charge < -0.3 is 4.74 Å². The third kappa shape index (κ3) is 2.66. The lowest BCUT2D eigenvalue weighted by atomic mass is 10.2. The molecule has 0 aromatic carbocycles. The van der Waals surface area contributed by atoms with Crippen molar-refractivity contribution in [1.82, 2.24) is 4.98 Å². The molecule has 4 heteroatoms. The highest BCUT2D eigenvalue weighted by Gasteiger charge is 2.00. The van der Waals surface area contributed by atoms with E-state index >= 15 is 0 Å². The molecule has 0 unspecified atom stereocenters. The van der Waals surface area contributed by atoms with E-state index in [1.54, 1.807) is 12.3 Å². The van der Waals surface area contributed by atoms with E-state index in [2.05, 4.69) is 20.9 Å². The Morgan fingerprint density at radius 3 is 3.00 bits per heavy atom. The normalized spacial score (nSPS) is 10.3. The van der Waals surface area contributed by atoms with Gasteiger partial charge in [0.1, 0.15) is 6.29 Å². The first kappa shape index (κ1) is 9.92. The van der Waals surface area contributed by atoms with Crippen molar-refractivity contribution in [3.05, 3.63) is 28.4 Å². The van der Waals surface area contributed by atoms with E-state index in [9.17, 15) is 4.79 Å². The molecule has 1 rings (SSSR count). The van der Waals surface area contributed by atoms with Crippen LogP contribution in [0, 0.1) is 0 Å². The third-order valence-electron chi connectivity index (χ3n) is 1.39. The number of aldehydes is 1. The smallest absolute Gasteiger partial charge is 0.220 e. The zero-order valence-electron chi connectivity index (χ0n) is 7.03. The molecule has 0 fully saturated rings. The summed E-state index contributed by atoms with van der Waals surface area (Å²) >= 11 is 3.28. The van der Waals surface area contributed by atoms with Crippen LogP contribution in [-0.4, -0.2) is 18.4 Å². The quantitative estimate of drug-likeness (QED) is 0.601. The maximum atomic E-state index is 10.1. The van der Waals surface area contributed by atoms with Gasteiger partial charge in [0.15, 0.2) is 0 Å². The van der Waals surface area contributed by atoms with Gasteiger partial charge in [-0.05, 0) is 34.1 Å². The molecular formula is C9H8BrNO2. The van der Waals surface area contributed by atoms with Crippen molar-refractivity contribution in [2.45, 2.75) is 0 Å². The first-order valence-electron chi connectivity index (χ1n) is 3.59. The Kier molecular flexibility index (Phi) is 3.64. The maximum absolute atomic E-state index is 10.1. The first-order chi connectivity index (χ1) is 6.27. The van der Waals surface area contributed by atoms with Crippen LogP contribution in [0.2, 0.25) is 0 Å². The van der Waals surface area contributed by atoms with Crippen LogP contribution in [0.3, 0.4) is 0 Å². The number of aromatic nitrogens is 1. The fourth-order valence-corrected chi connectivity index (χ4v) is 1.22. The summed E-state index contributed by atoms with van der Waals surface area (Å²) in [4.78, 5) is 14.1. The predicted octanol–water partition coefficient (Wildman–Crippen LogP) is 2.06. The predicted molar refractivity (Wildman–Crippen MR) is 53.6 cm³/mol. The summed E-state index contributed by atoms with van der Waals surface area (Å²) < 4.78 is 5.84. The molecule has 0 N–H and O–H groups in total. The second kappa shape index (κ2) is 4.77. The fourth-order valence-electron chi connectivity index (χ4n) is 0.875. The summed E-state index contributed by atoms with van der Waals surface area (Å²) in [5.41, 5.74) is 0.768. The van der Waals surface area contributed by atoms with Crippen molar-refractivity contribution < 1.29 is 9.53 Å². The number of ether oxygens (including phenoxy) is 1. The maximum Gasteiger partial charge on any atom is 0.220 e. The van der Waals surface area contributed by atoms with E-state index in [4.69, 9.17) is 4.74 Å². The molecule has 0 aliphatic carbocycles. The average Bonchev–Trinajstić information content (AvgIpc) is 2.15. The number of allylic oxidation sites excluding steroid dienone is 1. The summed E-state index contributed by atoms with van der Waals surface area (Å²) in [5, 5.41) is 0. The van der Waals surface area contributed by atoms with E-state index in [0.717, 1.165) is 10.0 Å². The Balaban J connectivity index is 3.07. The molecule has 0 amide bonds. The van der Waals surface area contributed by atoms with Crippen LogP contribution in [0.25, 0.3) is 6.08 Å². The molecule has 0 atom stereocenters. The van der Waals surface area contributed by atoms with E-state index in [-0.39, 0.29) is 0 Å². The summed E-state index contributed by atoms with van der Waals surface area (Å²) in [6.07, 6.45) is 5.38. The van der Waals surface area contributed by atoms with Gasteiger partial charge in [0, 0.05) is 16.2 Å². The van der Waals surface area contributed by atoms with E-state index < -0.39 is 0 Å². The Hall–Kier alpha value is -1.16. The Morgan fingerprint density at radius 1 is 1.62 bits per heavy atom. The minimum atomic E-state index is 0.501. The number of carbonyl (C=O) groups excluding carboxylic acids is 1. The number of hydrogen-bond acceptors (Lipinski definition) is 3. The van der Waals surface area contributed by atoms with Gasteiger partial charge in [0.25, 0.3) is 0 Å². The Bertz CT molecular complexity index is 336. The van der Waals surface area contributed by atoms with Crippen molar-refractivity contribution in [1.29, 1.82) is 0 Å². The van der Waals surface area contributed by atoms with Crippen LogP contribution in [0.5, 0.6) is 5.88 Å². The van der Waals surface area contributed by atoms with Gasteiger partial charge >= 0.3 is 0 Å². The summed E-state index contributed by atoms with van der Waals surface area (Å²) in [6.45, 7) is 0. The molecule has 0 bridgehead atoms. The lowest BCUT2D eigenvalue weighted by Crippen LogP contribution is -1.90. The molecule has 0 spiro atoms. The van der Waals surface area contributed by atoms with Crippen LogP contribution in [0.4, 0.5) is 0 Å². The van der Waals surface area contributed by atoms with Gasteiger partial charge in [-0.2, -0.15) is 0 Å². The molecule has 0 saturated carbocycles. The van der Waals surface area contributed by atoms with Crippen molar-refractivity contribution >= 4 is 28.3 Å². The van der Waals surface area contributed by atoms with Gasteiger partial charge in [-0.3, -0.25) is 4.79 Å². The first-order valence-corrected chi connectivity index (χ1v) is 4.38. The Labute approximate surface area is 84.6 Å². The van der Waals surface area contributed by atoms with Crippen molar-refractivity contribution in [3.63, 3.8) is 0 Å². The largest absolute Gasteiger partial charge is 0.481 e. The topological polar surface area (TPSA) is 39.2 Å². The molecule has 0 radical (unpaired) electrons. The summed E-state index contributed by atoms with van der Waals surface area (Å²) in [6, 6.07) is 1.83. The summed E-state index contributed by atoms with van der Waals surface area (Å²) in [7, 11) is 1.54. The number of nitrogens with zero attached hydrogens (tertiary/aromatic N) is 1. The number of halogens is 1. The highest BCUT2D eigenvalue weighted by atomic mass is 79.9. The minimum Gasteiger partial charge on any atom is -0.481 e. The standard InChI is InChI=1S/C9H8BrNO2/c1-13-9-7(3-2-4-12)5-8(10)6-11-9/h2-6H,1H3/b3-2+. The highest BCUT2D eigenvalue weighted by Crippen LogP contribution is 2.20. The van der Waals surface area contributed by atoms with E-state index in [1.807, 2.05) is 6.07 Å². The van der Waals surface area contributed by atoms with Crippen LogP contribution < -0.4 is 4.74 Å². The lowest BCUT2D eigenvalue weighted by molar-refractivity contribution is -0.104. The van der Waals surface area contributed by atoms with Crippen LogP contribution >= 0.6 is 15.9 Å². The van der Waals surface area contributed by atoms with Crippen molar-refractivity contribution in [2.24, 2.45) is 0 Å². The van der Waals surface area contributed by atoms with Crippen molar-refractivity contribution in [3.8, 4) is 5.88 Å². The van der Waals surface area contributed by atoms with Crippen LogP contribution in [-0.2, 0) is 4.79 Å². The van der Waals surface area contributed by atoms with Gasteiger partial charge in [-0.25, -0.2) is 4.98 Å². The van der Waals surface area contributed by atoms with Crippen molar-refractivity contribution in [2.75, 3.05) is 7.11 Å². The van der Waals surface area contributed by atoms with Crippen LogP contribution in [0.1, 0.15) is 5.56 Å². The monoisotopic (exact) mass is 241 g/mol. The average molecular weight is 242 g/mol. The second-order valence-electron chi connectivity index (χ2n) is 2.25. The lowest BCUT2D eigenvalue weighted by Gasteiger charge is -2.02. The number of rotatable bonds is 3. The molecule has 1 aromatic heterocycles. The molecule has 13 heavy (non-hydrogen) atoms. The number of pyridine rings is 1. The third-order valence-corrected chi connectivity index (χ3v) is 1.83. The summed E-state index contributed by atoms with van der Waals surface area (Å²) in [5.74, 6) is 0.501. The molecule has 3 nitrogen and oxygen atoms in total. The highest BCUT2D eigenvalue weighted by molar-refractivity contribution is 9.10. The number of hydrogen-bond donors (Lipinski definition) is 0. The van der Waals surface area contributed by atoms with Gasteiger partial charge in [0.05, 0.1) is 7.11 Å². The van der Waals surface area contributed by atoms with Gasteiger partial charge in [-0.1, -0.05) is 0 Å². The second-order valence-corrected chi connectivity index (χ2v) is 3.16. The van der Waals surface area contributed by atoms with Gasteiger partial charge in [0.2, 0.25) is 5.88 Å². The fraction of sp³-hybridized carbons (Fsp3) is 0.111. The molecule has 1 aromatic rings. The molecule has 0 saturated heterocycles. The van der Waals surface area contributed by atoms with E-state index in [1.165, 1.54) is 13.2 Å². The SMILES string of the molecule is COc1ncc(Br)cc1/C=C/C=O. The molecule has 0 aliphatic heterocycles. The Morgan fingerprint density at radius 2 is 2.38 bits per heavy atom. The number of carbonyl (C=O) groups is 1. The molecule has 1 heterocycles. The number of methoxy groups -OCH3 is 1. The zero-order chi connectivity index (χ0) is 9.68. The molecule has 68 valence electrons.